The zero-order valence-electron chi connectivity index (χ0n) is 12.6. The third-order valence-electron chi connectivity index (χ3n) is 3.13. The Morgan fingerprint density at radius 3 is 2.18 bits per heavy atom. The molecule has 0 radical (unpaired) electrons. The van der Waals surface area contributed by atoms with Gasteiger partial charge in [0, 0.05) is 5.56 Å². The monoisotopic (exact) mass is 290 g/mol. The first-order valence-corrected chi connectivity index (χ1v) is 6.60. The number of ether oxygens (including phenoxy) is 1. The van der Waals surface area contributed by atoms with Gasteiger partial charge in [-0.2, -0.15) is 0 Å². The third-order valence-corrected chi connectivity index (χ3v) is 3.13. The zero-order valence-corrected chi connectivity index (χ0v) is 12.6. The predicted octanol–water partition coefficient (Wildman–Crippen LogP) is -1.16. The van der Waals surface area contributed by atoms with E-state index in [9.17, 15) is 14.7 Å². The molecule has 0 aromatic heterocycles. The molecule has 0 saturated carbocycles. The summed E-state index contributed by atoms with van der Waals surface area (Å²) in [6, 6.07) is 16.1. The van der Waals surface area contributed by atoms with E-state index in [1.54, 1.807) is 24.3 Å². The fraction of sp³-hybridized carbons (Fsp3) is 0.176. The fourth-order valence-electron chi connectivity index (χ4n) is 1.81. The van der Waals surface area contributed by atoms with E-state index >= 15 is 0 Å². The van der Waals surface area contributed by atoms with Crippen molar-refractivity contribution in [1.82, 2.24) is 0 Å². The first-order valence-electron chi connectivity index (χ1n) is 6.60. The number of hydrogen-bond donors (Lipinski definition) is 0. The molecule has 0 amide bonds. The molecular weight excluding hydrogens is 275 g/mol. The van der Waals surface area contributed by atoms with E-state index in [-0.39, 0.29) is 18.9 Å². The minimum atomic E-state index is -1.37. The van der Waals surface area contributed by atoms with Crippen LogP contribution in [0.25, 0.3) is 0 Å². The van der Waals surface area contributed by atoms with E-state index in [0.717, 1.165) is 5.56 Å². The normalized spacial score (nSPS) is 11.1. The van der Waals surface area contributed by atoms with Crippen LogP contribution in [0.3, 0.4) is 0 Å². The molecule has 0 heterocycles. The van der Waals surface area contributed by atoms with Gasteiger partial charge in [0.2, 0.25) is 0 Å². The molecular formula is C17H15LiO4. The van der Waals surface area contributed by atoms with Crippen LogP contribution in [0.2, 0.25) is 0 Å². The van der Waals surface area contributed by atoms with Gasteiger partial charge in [-0.05, 0) is 36.8 Å². The minimum absolute atomic E-state index is 0. The van der Waals surface area contributed by atoms with Gasteiger partial charge in [0.25, 0.3) is 0 Å². The van der Waals surface area contributed by atoms with Crippen LogP contribution < -0.4 is 28.7 Å². The molecule has 108 valence electrons. The summed E-state index contributed by atoms with van der Waals surface area (Å²) in [6.45, 7) is 1.75. The number of carboxylic acid groups (broad SMARTS) is 1. The Labute approximate surface area is 141 Å². The predicted molar refractivity (Wildman–Crippen MR) is 75.7 cm³/mol. The molecule has 0 aliphatic heterocycles. The van der Waals surface area contributed by atoms with Crippen molar-refractivity contribution >= 4 is 11.8 Å². The molecule has 22 heavy (non-hydrogen) atoms. The SMILES string of the molecule is CC(C(=O)[O-])C(=O)c1ccc(OCc2ccccc2)cc1.[Li+]. The average molecular weight is 290 g/mol. The summed E-state index contributed by atoms with van der Waals surface area (Å²) in [5.41, 5.74) is 1.38. The molecule has 2 aromatic rings. The van der Waals surface area contributed by atoms with Crippen LogP contribution in [0.5, 0.6) is 5.75 Å². The number of carboxylic acids is 1. The number of rotatable bonds is 6. The largest absolute Gasteiger partial charge is 1.00 e. The van der Waals surface area contributed by atoms with Crippen LogP contribution in [-0.2, 0) is 11.4 Å². The van der Waals surface area contributed by atoms with E-state index < -0.39 is 17.7 Å². The van der Waals surface area contributed by atoms with Crippen LogP contribution >= 0.6 is 0 Å². The van der Waals surface area contributed by atoms with E-state index in [4.69, 9.17) is 4.74 Å². The van der Waals surface area contributed by atoms with E-state index in [1.807, 2.05) is 30.3 Å². The zero-order chi connectivity index (χ0) is 15.2. The number of aliphatic carboxylic acids is 1. The smallest absolute Gasteiger partial charge is 0.549 e. The van der Waals surface area contributed by atoms with Crippen molar-refractivity contribution in [3.8, 4) is 5.75 Å². The number of carbonyl (C=O) groups is 2. The molecule has 0 bridgehead atoms. The summed E-state index contributed by atoms with van der Waals surface area (Å²) in [6.07, 6.45) is 0. The van der Waals surface area contributed by atoms with Crippen molar-refractivity contribution in [2.45, 2.75) is 13.5 Å². The van der Waals surface area contributed by atoms with E-state index in [0.29, 0.717) is 17.9 Å². The van der Waals surface area contributed by atoms with Gasteiger partial charge < -0.3 is 14.6 Å². The second-order valence-electron chi connectivity index (χ2n) is 4.70. The van der Waals surface area contributed by atoms with Crippen molar-refractivity contribution in [2.24, 2.45) is 5.92 Å². The molecule has 1 unspecified atom stereocenters. The summed E-state index contributed by atoms with van der Waals surface area (Å²) in [5, 5.41) is 10.7. The minimum Gasteiger partial charge on any atom is -0.549 e. The summed E-state index contributed by atoms with van der Waals surface area (Å²) in [5.74, 6) is -2.37. The number of hydrogen-bond acceptors (Lipinski definition) is 4. The maximum absolute atomic E-state index is 11.8. The Kier molecular flexibility index (Phi) is 6.91. The van der Waals surface area contributed by atoms with Crippen molar-refractivity contribution in [1.29, 1.82) is 0 Å². The van der Waals surface area contributed by atoms with Crippen LogP contribution in [0.1, 0.15) is 22.8 Å². The summed E-state index contributed by atoms with van der Waals surface area (Å²) in [7, 11) is 0. The second kappa shape index (κ2) is 8.43. The Morgan fingerprint density at radius 2 is 1.64 bits per heavy atom. The van der Waals surface area contributed by atoms with Gasteiger partial charge >= 0.3 is 18.9 Å². The first kappa shape index (κ1) is 18.0. The van der Waals surface area contributed by atoms with Gasteiger partial charge in [0.05, 0.1) is 11.9 Å². The van der Waals surface area contributed by atoms with Gasteiger partial charge in [-0.25, -0.2) is 0 Å². The molecule has 0 N–H and O–H groups in total. The number of benzene rings is 2. The quantitative estimate of drug-likeness (QED) is 0.382. The molecule has 2 aromatic carbocycles. The molecule has 0 saturated heterocycles. The summed E-state index contributed by atoms with van der Waals surface area (Å²) >= 11 is 0. The van der Waals surface area contributed by atoms with E-state index in [2.05, 4.69) is 0 Å². The Hall–Kier alpha value is -2.02. The summed E-state index contributed by atoms with van der Waals surface area (Å²) < 4.78 is 5.59. The summed E-state index contributed by atoms with van der Waals surface area (Å²) in [4.78, 5) is 22.5. The molecule has 5 heteroatoms. The second-order valence-corrected chi connectivity index (χ2v) is 4.70. The maximum atomic E-state index is 11.8. The van der Waals surface area contributed by atoms with Crippen molar-refractivity contribution in [2.75, 3.05) is 0 Å². The van der Waals surface area contributed by atoms with Crippen LogP contribution in [0.4, 0.5) is 0 Å². The molecule has 0 spiro atoms. The Balaban J connectivity index is 0.00000242. The number of ketones is 1. The van der Waals surface area contributed by atoms with Crippen LogP contribution in [0, 0.1) is 5.92 Å². The molecule has 4 nitrogen and oxygen atoms in total. The molecule has 1 atom stereocenters. The number of Topliss-reactive ketones (excluding diaryl/α,β-unsaturated/α-hetero) is 1. The van der Waals surface area contributed by atoms with Gasteiger partial charge in [-0.1, -0.05) is 30.3 Å². The molecule has 0 fully saturated rings. The molecule has 2 rings (SSSR count). The van der Waals surface area contributed by atoms with Crippen LogP contribution in [-0.4, -0.2) is 11.8 Å². The maximum Gasteiger partial charge on any atom is 1.00 e. The topological polar surface area (TPSA) is 66.4 Å². The Morgan fingerprint density at radius 1 is 1.05 bits per heavy atom. The van der Waals surface area contributed by atoms with Gasteiger partial charge in [0.15, 0.2) is 5.78 Å². The average Bonchev–Trinajstić information content (AvgIpc) is 2.53. The van der Waals surface area contributed by atoms with Crippen molar-refractivity contribution < 1.29 is 38.3 Å². The van der Waals surface area contributed by atoms with Gasteiger partial charge in [0.1, 0.15) is 12.4 Å². The first-order chi connectivity index (χ1) is 10.1. The Bertz CT molecular complexity index is 623. The van der Waals surface area contributed by atoms with Crippen molar-refractivity contribution in [3.05, 3.63) is 65.7 Å². The van der Waals surface area contributed by atoms with Gasteiger partial charge in [-0.3, -0.25) is 4.79 Å². The third kappa shape index (κ3) is 4.76. The van der Waals surface area contributed by atoms with Crippen LogP contribution in [0.15, 0.2) is 54.6 Å². The fourth-order valence-corrected chi connectivity index (χ4v) is 1.81. The molecule has 0 aliphatic carbocycles. The molecule has 0 aliphatic rings. The standard InChI is InChI=1S/C17H16O4.Li/c1-12(17(19)20)16(18)14-7-9-15(10-8-14)21-11-13-5-3-2-4-6-13;/h2-10,12H,11H2,1H3,(H,19,20);/q;+1/p-1. The van der Waals surface area contributed by atoms with E-state index in [1.165, 1.54) is 6.92 Å². The van der Waals surface area contributed by atoms with Gasteiger partial charge in [-0.15, -0.1) is 0 Å². The number of carbonyl (C=O) groups excluding carboxylic acids is 2. The van der Waals surface area contributed by atoms with Crippen molar-refractivity contribution in [3.63, 3.8) is 0 Å².